The Kier molecular flexibility index (Phi) is 3.60. The molecular weight excluding hydrogens is 186 g/mol. The van der Waals surface area contributed by atoms with E-state index in [9.17, 15) is 4.79 Å². The first kappa shape index (κ1) is 10.8. The first-order valence-corrected chi connectivity index (χ1v) is 5.46. The molecule has 1 aliphatic carbocycles. The molecule has 13 heavy (non-hydrogen) atoms. The van der Waals surface area contributed by atoms with Gasteiger partial charge in [-0.3, -0.25) is 4.79 Å². The highest BCUT2D eigenvalue weighted by atomic mass is 35.5. The molecule has 0 aromatic heterocycles. The number of hydrogen-bond acceptors (Lipinski definition) is 1. The van der Waals surface area contributed by atoms with Crippen LogP contribution in [0, 0.1) is 5.92 Å². The molecule has 1 aliphatic rings. The van der Waals surface area contributed by atoms with Gasteiger partial charge in [0.1, 0.15) is 0 Å². The van der Waals surface area contributed by atoms with E-state index in [1.807, 2.05) is 0 Å². The molecule has 0 bridgehead atoms. The molecule has 0 saturated heterocycles. The maximum Gasteiger partial charge on any atom is 0.220 e. The number of amides is 1. The molecule has 0 radical (unpaired) electrons. The van der Waals surface area contributed by atoms with Crippen LogP contribution < -0.4 is 5.32 Å². The van der Waals surface area contributed by atoms with E-state index in [1.165, 1.54) is 12.8 Å². The Balaban J connectivity index is 2.25. The smallest absolute Gasteiger partial charge is 0.220 e. The highest BCUT2D eigenvalue weighted by Crippen LogP contribution is 2.39. The molecule has 3 heteroatoms. The largest absolute Gasteiger partial charge is 0.351 e. The number of hydrogen-bond donors (Lipinski definition) is 1. The van der Waals surface area contributed by atoms with Crippen LogP contribution in [-0.4, -0.2) is 17.3 Å². The Morgan fingerprint density at radius 2 is 2.15 bits per heavy atom. The van der Waals surface area contributed by atoms with Gasteiger partial charge < -0.3 is 5.32 Å². The minimum Gasteiger partial charge on any atom is -0.351 e. The fourth-order valence-electron chi connectivity index (χ4n) is 1.56. The third kappa shape index (κ3) is 3.55. The Bertz CT molecular complexity index is 187. The normalized spacial score (nSPS) is 17.2. The second kappa shape index (κ2) is 4.32. The lowest BCUT2D eigenvalue weighted by Crippen LogP contribution is -2.45. The van der Waals surface area contributed by atoms with E-state index in [-0.39, 0.29) is 11.4 Å². The lowest BCUT2D eigenvalue weighted by molar-refractivity contribution is -0.122. The summed E-state index contributed by atoms with van der Waals surface area (Å²) in [5.41, 5.74) is -0.0105. The van der Waals surface area contributed by atoms with Gasteiger partial charge in [0.25, 0.3) is 0 Å². The maximum absolute atomic E-state index is 11.4. The summed E-state index contributed by atoms with van der Waals surface area (Å²) >= 11 is 5.51. The third-order valence-electron chi connectivity index (χ3n) is 2.60. The summed E-state index contributed by atoms with van der Waals surface area (Å²) in [5.74, 6) is 1.39. The van der Waals surface area contributed by atoms with Crippen molar-refractivity contribution in [1.29, 1.82) is 0 Å². The van der Waals surface area contributed by atoms with Gasteiger partial charge in [0.05, 0.1) is 0 Å². The number of halogens is 1. The molecule has 76 valence electrons. The van der Waals surface area contributed by atoms with Crippen molar-refractivity contribution in [2.45, 2.75) is 45.1 Å². The van der Waals surface area contributed by atoms with Gasteiger partial charge >= 0.3 is 0 Å². The molecular formula is C10H18ClNO. The monoisotopic (exact) mass is 203 g/mol. The lowest BCUT2D eigenvalue weighted by atomic mass is 9.98. The first-order valence-electron chi connectivity index (χ1n) is 4.93. The summed E-state index contributed by atoms with van der Waals surface area (Å²) in [4.78, 5) is 11.4. The van der Waals surface area contributed by atoms with Crippen molar-refractivity contribution in [1.82, 2.24) is 5.32 Å². The van der Waals surface area contributed by atoms with Crippen LogP contribution in [0.5, 0.6) is 0 Å². The van der Waals surface area contributed by atoms with Crippen molar-refractivity contribution in [2.24, 2.45) is 5.92 Å². The topological polar surface area (TPSA) is 29.1 Å². The zero-order valence-corrected chi connectivity index (χ0v) is 9.16. The van der Waals surface area contributed by atoms with E-state index >= 15 is 0 Å². The molecule has 1 rings (SSSR count). The van der Waals surface area contributed by atoms with Crippen LogP contribution in [0.3, 0.4) is 0 Å². The lowest BCUT2D eigenvalue weighted by Gasteiger charge is -2.26. The predicted octanol–water partition coefficient (Wildman–Crippen LogP) is 2.31. The van der Waals surface area contributed by atoms with Crippen LogP contribution in [0.15, 0.2) is 0 Å². The van der Waals surface area contributed by atoms with Crippen LogP contribution in [0.2, 0.25) is 0 Å². The molecule has 0 unspecified atom stereocenters. The van der Waals surface area contributed by atoms with Crippen molar-refractivity contribution in [3.63, 3.8) is 0 Å². The molecule has 2 nitrogen and oxygen atoms in total. The van der Waals surface area contributed by atoms with Crippen LogP contribution in [0.1, 0.15) is 39.5 Å². The molecule has 0 heterocycles. The Morgan fingerprint density at radius 1 is 1.54 bits per heavy atom. The number of carbonyl (C=O) groups excluding carboxylic acids is 1. The molecule has 0 atom stereocenters. The number of alkyl halides is 1. The highest BCUT2D eigenvalue weighted by Gasteiger charge is 2.38. The summed E-state index contributed by atoms with van der Waals surface area (Å²) < 4.78 is 0. The summed E-state index contributed by atoms with van der Waals surface area (Å²) in [7, 11) is 0. The van der Waals surface area contributed by atoms with Crippen molar-refractivity contribution >= 4 is 17.5 Å². The van der Waals surface area contributed by atoms with E-state index in [2.05, 4.69) is 19.2 Å². The van der Waals surface area contributed by atoms with Gasteiger partial charge in [-0.2, -0.15) is 0 Å². The van der Waals surface area contributed by atoms with Crippen LogP contribution >= 0.6 is 11.6 Å². The zero-order chi connectivity index (χ0) is 9.90. The molecule has 1 N–H and O–H groups in total. The molecule has 1 saturated carbocycles. The Hall–Kier alpha value is -0.240. The highest BCUT2D eigenvalue weighted by molar-refractivity contribution is 6.17. The fraction of sp³-hybridized carbons (Fsp3) is 0.900. The maximum atomic E-state index is 11.4. The van der Waals surface area contributed by atoms with Gasteiger partial charge in [0.2, 0.25) is 5.91 Å². The van der Waals surface area contributed by atoms with Gasteiger partial charge in [0.15, 0.2) is 0 Å². The average Bonchev–Trinajstić information content (AvgIpc) is 2.81. The standard InChI is InChI=1S/C10H18ClNO/c1-10(2,8-5-6-8)12-9(13)4-3-7-11/h8H,3-7H2,1-2H3,(H,12,13). The second-order valence-corrected chi connectivity index (χ2v) is 4.71. The molecule has 0 spiro atoms. The van der Waals surface area contributed by atoms with Crippen molar-refractivity contribution in [3.8, 4) is 0 Å². The van der Waals surface area contributed by atoms with E-state index in [4.69, 9.17) is 11.6 Å². The minimum atomic E-state index is -0.0105. The van der Waals surface area contributed by atoms with Gasteiger partial charge in [0, 0.05) is 17.8 Å². The van der Waals surface area contributed by atoms with Gasteiger partial charge in [-0.1, -0.05) is 0 Å². The predicted molar refractivity (Wildman–Crippen MR) is 54.9 cm³/mol. The Morgan fingerprint density at radius 3 is 2.62 bits per heavy atom. The van der Waals surface area contributed by atoms with Crippen LogP contribution in [0.4, 0.5) is 0 Å². The molecule has 0 aromatic carbocycles. The third-order valence-corrected chi connectivity index (χ3v) is 2.86. The van der Waals surface area contributed by atoms with Crippen LogP contribution in [-0.2, 0) is 4.79 Å². The molecule has 1 fully saturated rings. The van der Waals surface area contributed by atoms with E-state index in [0.29, 0.717) is 18.2 Å². The van der Waals surface area contributed by atoms with E-state index in [1.54, 1.807) is 0 Å². The van der Waals surface area contributed by atoms with Crippen molar-refractivity contribution in [2.75, 3.05) is 5.88 Å². The van der Waals surface area contributed by atoms with Gasteiger partial charge in [-0.15, -0.1) is 11.6 Å². The second-order valence-electron chi connectivity index (χ2n) is 4.34. The minimum absolute atomic E-state index is 0.0105. The molecule has 0 aromatic rings. The van der Waals surface area contributed by atoms with Crippen molar-refractivity contribution in [3.05, 3.63) is 0 Å². The molecule has 0 aliphatic heterocycles. The molecule has 1 amide bonds. The number of rotatable bonds is 5. The summed E-state index contributed by atoms with van der Waals surface area (Å²) in [6.45, 7) is 4.20. The fourth-order valence-corrected chi connectivity index (χ4v) is 1.69. The average molecular weight is 204 g/mol. The first-order chi connectivity index (χ1) is 6.06. The number of nitrogens with one attached hydrogen (secondary N) is 1. The number of carbonyl (C=O) groups is 1. The summed E-state index contributed by atoms with van der Waals surface area (Å²) in [6.07, 6.45) is 3.83. The quantitative estimate of drug-likeness (QED) is 0.683. The van der Waals surface area contributed by atoms with E-state index < -0.39 is 0 Å². The SMILES string of the molecule is CC(C)(NC(=O)CCCCl)C1CC1. The van der Waals surface area contributed by atoms with Crippen LogP contribution in [0.25, 0.3) is 0 Å². The van der Waals surface area contributed by atoms with Gasteiger partial charge in [-0.05, 0) is 39.0 Å². The Labute approximate surface area is 85.0 Å². The van der Waals surface area contributed by atoms with Gasteiger partial charge in [-0.25, -0.2) is 0 Å². The summed E-state index contributed by atoms with van der Waals surface area (Å²) in [6, 6.07) is 0. The zero-order valence-electron chi connectivity index (χ0n) is 8.40. The summed E-state index contributed by atoms with van der Waals surface area (Å²) in [5, 5.41) is 3.06. The van der Waals surface area contributed by atoms with E-state index in [0.717, 1.165) is 6.42 Å². The van der Waals surface area contributed by atoms with Crippen molar-refractivity contribution < 1.29 is 4.79 Å².